The van der Waals surface area contributed by atoms with E-state index >= 15 is 0 Å². The molecule has 1 aliphatic rings. The second kappa shape index (κ2) is 4.95. The number of halogens is 1. The molecular weight excluding hydrogens is 223 g/mol. The maximum Gasteiger partial charge on any atom is 0.254 e. The van der Waals surface area contributed by atoms with Crippen LogP contribution in [0, 0.1) is 5.82 Å². The quantitative estimate of drug-likeness (QED) is 0.816. The standard InChI is InChI=1S/C12H13FN2O2/c13-10-4-2-1-3-9(10)12(17)14-7-8-5-6-11(16)15-8/h1-4,8H,5-7H2,(H,14,17)(H,15,16). The molecular formula is C12H13FN2O2. The van der Waals surface area contributed by atoms with Gasteiger partial charge >= 0.3 is 0 Å². The molecule has 2 N–H and O–H groups in total. The van der Waals surface area contributed by atoms with Gasteiger partial charge in [0, 0.05) is 19.0 Å². The van der Waals surface area contributed by atoms with Crippen LogP contribution in [0.15, 0.2) is 24.3 Å². The van der Waals surface area contributed by atoms with Gasteiger partial charge < -0.3 is 10.6 Å². The summed E-state index contributed by atoms with van der Waals surface area (Å²) in [6, 6.07) is 5.77. The Labute approximate surface area is 98.2 Å². The first-order valence-electron chi connectivity index (χ1n) is 5.49. The van der Waals surface area contributed by atoms with E-state index in [1.807, 2.05) is 0 Å². The molecule has 1 heterocycles. The maximum atomic E-state index is 13.3. The fourth-order valence-electron chi connectivity index (χ4n) is 1.79. The number of nitrogens with one attached hydrogen (secondary N) is 2. The Morgan fingerprint density at radius 2 is 2.24 bits per heavy atom. The number of amides is 2. The zero-order valence-electron chi connectivity index (χ0n) is 9.20. The lowest BCUT2D eigenvalue weighted by atomic mass is 10.2. The van der Waals surface area contributed by atoms with Crippen LogP contribution in [0.5, 0.6) is 0 Å². The van der Waals surface area contributed by atoms with Gasteiger partial charge in [-0.15, -0.1) is 0 Å². The second-order valence-electron chi connectivity index (χ2n) is 3.99. The van der Waals surface area contributed by atoms with Gasteiger partial charge in [0.2, 0.25) is 5.91 Å². The molecule has 1 unspecified atom stereocenters. The molecule has 0 saturated carbocycles. The predicted octanol–water partition coefficient (Wildman–Crippen LogP) is 0.834. The summed E-state index contributed by atoms with van der Waals surface area (Å²) in [5, 5.41) is 5.34. The van der Waals surface area contributed by atoms with E-state index in [0.29, 0.717) is 19.4 Å². The van der Waals surface area contributed by atoms with Crippen LogP contribution in [0.4, 0.5) is 4.39 Å². The van der Waals surface area contributed by atoms with Gasteiger partial charge in [-0.2, -0.15) is 0 Å². The number of hydrogen-bond donors (Lipinski definition) is 2. The van der Waals surface area contributed by atoms with Crippen molar-refractivity contribution >= 4 is 11.8 Å². The van der Waals surface area contributed by atoms with Crippen LogP contribution in [-0.4, -0.2) is 24.4 Å². The summed E-state index contributed by atoms with van der Waals surface area (Å²) in [6.45, 7) is 0.332. The first-order valence-corrected chi connectivity index (χ1v) is 5.49. The van der Waals surface area contributed by atoms with Crippen LogP contribution in [-0.2, 0) is 4.79 Å². The minimum atomic E-state index is -0.541. The molecule has 90 valence electrons. The topological polar surface area (TPSA) is 58.2 Å². The maximum absolute atomic E-state index is 13.3. The molecule has 1 aliphatic heterocycles. The highest BCUT2D eigenvalue weighted by Gasteiger charge is 2.21. The van der Waals surface area contributed by atoms with Crippen molar-refractivity contribution in [2.24, 2.45) is 0 Å². The lowest BCUT2D eigenvalue weighted by Gasteiger charge is -2.11. The molecule has 0 aliphatic carbocycles. The van der Waals surface area contributed by atoms with Crippen molar-refractivity contribution < 1.29 is 14.0 Å². The lowest BCUT2D eigenvalue weighted by Crippen LogP contribution is -2.38. The van der Waals surface area contributed by atoms with Crippen molar-refractivity contribution in [2.75, 3.05) is 6.54 Å². The molecule has 1 atom stereocenters. The fourth-order valence-corrected chi connectivity index (χ4v) is 1.79. The number of carbonyl (C=O) groups excluding carboxylic acids is 2. The Balaban J connectivity index is 1.90. The van der Waals surface area contributed by atoms with Gasteiger partial charge in [0.25, 0.3) is 5.91 Å². The monoisotopic (exact) mass is 236 g/mol. The molecule has 17 heavy (non-hydrogen) atoms. The minimum absolute atomic E-state index is 0.00450. The van der Waals surface area contributed by atoms with Crippen molar-refractivity contribution in [2.45, 2.75) is 18.9 Å². The SMILES string of the molecule is O=C1CCC(CNC(=O)c2ccccc2F)N1. The molecule has 1 aromatic carbocycles. The molecule has 4 nitrogen and oxygen atoms in total. The Morgan fingerprint density at radius 3 is 2.88 bits per heavy atom. The molecule has 0 spiro atoms. The van der Waals surface area contributed by atoms with Gasteiger partial charge in [-0.25, -0.2) is 4.39 Å². The van der Waals surface area contributed by atoms with E-state index in [-0.39, 0.29) is 17.5 Å². The van der Waals surface area contributed by atoms with Crippen molar-refractivity contribution in [3.8, 4) is 0 Å². The van der Waals surface area contributed by atoms with E-state index in [2.05, 4.69) is 10.6 Å². The van der Waals surface area contributed by atoms with Crippen LogP contribution in [0.1, 0.15) is 23.2 Å². The van der Waals surface area contributed by atoms with E-state index in [0.717, 1.165) is 0 Å². The van der Waals surface area contributed by atoms with Gasteiger partial charge in [0.05, 0.1) is 5.56 Å². The number of benzene rings is 1. The summed E-state index contributed by atoms with van der Waals surface area (Å²) < 4.78 is 13.3. The second-order valence-corrected chi connectivity index (χ2v) is 3.99. The molecule has 0 bridgehead atoms. The minimum Gasteiger partial charge on any atom is -0.352 e. The van der Waals surface area contributed by atoms with Crippen molar-refractivity contribution in [3.63, 3.8) is 0 Å². The van der Waals surface area contributed by atoms with E-state index in [1.165, 1.54) is 18.2 Å². The van der Waals surface area contributed by atoms with Gasteiger partial charge in [-0.3, -0.25) is 9.59 Å². The van der Waals surface area contributed by atoms with Crippen LogP contribution < -0.4 is 10.6 Å². The molecule has 2 amide bonds. The van der Waals surface area contributed by atoms with Gasteiger partial charge in [0.15, 0.2) is 0 Å². The highest BCUT2D eigenvalue weighted by Crippen LogP contribution is 2.08. The summed E-state index contributed by atoms with van der Waals surface area (Å²) in [6.07, 6.45) is 1.19. The molecule has 1 aromatic rings. The highest BCUT2D eigenvalue weighted by atomic mass is 19.1. The molecule has 5 heteroatoms. The number of carbonyl (C=O) groups is 2. The third-order valence-electron chi connectivity index (χ3n) is 2.71. The van der Waals surface area contributed by atoms with E-state index in [9.17, 15) is 14.0 Å². The van der Waals surface area contributed by atoms with Crippen LogP contribution in [0.3, 0.4) is 0 Å². The Hall–Kier alpha value is -1.91. The molecule has 0 aromatic heterocycles. The van der Waals surface area contributed by atoms with Gasteiger partial charge in [-0.05, 0) is 18.6 Å². The summed E-state index contributed by atoms with van der Waals surface area (Å²) in [5.74, 6) is -1.00. The Kier molecular flexibility index (Phi) is 3.37. The van der Waals surface area contributed by atoms with Crippen LogP contribution >= 0.6 is 0 Å². The van der Waals surface area contributed by atoms with E-state index in [4.69, 9.17) is 0 Å². The Bertz CT molecular complexity index is 448. The van der Waals surface area contributed by atoms with E-state index < -0.39 is 11.7 Å². The van der Waals surface area contributed by atoms with Gasteiger partial charge in [0.1, 0.15) is 5.82 Å². The predicted molar refractivity (Wildman–Crippen MR) is 59.9 cm³/mol. The lowest BCUT2D eigenvalue weighted by molar-refractivity contribution is -0.119. The fraction of sp³-hybridized carbons (Fsp3) is 0.333. The normalized spacial score (nSPS) is 18.9. The average Bonchev–Trinajstić information content (AvgIpc) is 2.73. The highest BCUT2D eigenvalue weighted by molar-refractivity contribution is 5.94. The first kappa shape index (κ1) is 11.6. The summed E-state index contributed by atoms with van der Waals surface area (Å²) in [7, 11) is 0. The number of hydrogen-bond acceptors (Lipinski definition) is 2. The number of rotatable bonds is 3. The van der Waals surface area contributed by atoms with Gasteiger partial charge in [-0.1, -0.05) is 12.1 Å². The molecule has 0 radical (unpaired) electrons. The third kappa shape index (κ3) is 2.81. The van der Waals surface area contributed by atoms with Crippen molar-refractivity contribution in [3.05, 3.63) is 35.6 Å². The smallest absolute Gasteiger partial charge is 0.254 e. The van der Waals surface area contributed by atoms with E-state index in [1.54, 1.807) is 6.07 Å². The molecule has 2 rings (SSSR count). The Morgan fingerprint density at radius 1 is 1.47 bits per heavy atom. The molecule has 1 fully saturated rings. The van der Waals surface area contributed by atoms with Crippen LogP contribution in [0.25, 0.3) is 0 Å². The molecule has 1 saturated heterocycles. The summed E-state index contributed by atoms with van der Waals surface area (Å²) in [5.41, 5.74) is 0.0248. The third-order valence-corrected chi connectivity index (χ3v) is 2.71. The van der Waals surface area contributed by atoms with Crippen molar-refractivity contribution in [1.29, 1.82) is 0 Å². The first-order chi connectivity index (χ1) is 8.16. The average molecular weight is 236 g/mol. The summed E-state index contributed by atoms with van der Waals surface area (Å²) >= 11 is 0. The van der Waals surface area contributed by atoms with Crippen LogP contribution in [0.2, 0.25) is 0 Å². The summed E-state index contributed by atoms with van der Waals surface area (Å²) in [4.78, 5) is 22.6. The zero-order chi connectivity index (χ0) is 12.3. The van der Waals surface area contributed by atoms with Crippen molar-refractivity contribution in [1.82, 2.24) is 10.6 Å². The largest absolute Gasteiger partial charge is 0.352 e. The zero-order valence-corrected chi connectivity index (χ0v) is 9.20.